The lowest BCUT2D eigenvalue weighted by molar-refractivity contribution is -0.117. The van der Waals surface area contributed by atoms with Crippen LogP contribution in [0.15, 0.2) is 48.5 Å². The molecule has 0 saturated heterocycles. The van der Waals surface area contributed by atoms with Crippen LogP contribution < -0.4 is 20.3 Å². The number of hydrazine groups is 1. The highest BCUT2D eigenvalue weighted by molar-refractivity contribution is 5.98. The Labute approximate surface area is 159 Å². The Morgan fingerprint density at radius 2 is 1.85 bits per heavy atom. The molecule has 0 aliphatic carbocycles. The van der Waals surface area contributed by atoms with Crippen molar-refractivity contribution in [1.29, 1.82) is 0 Å². The Balaban J connectivity index is 1.95. The van der Waals surface area contributed by atoms with Gasteiger partial charge in [-0.3, -0.25) is 20.4 Å². The van der Waals surface area contributed by atoms with Crippen molar-refractivity contribution in [2.75, 3.05) is 13.7 Å². The van der Waals surface area contributed by atoms with Crippen LogP contribution in [0.25, 0.3) is 6.08 Å². The smallest absolute Gasteiger partial charge is 0.269 e. The van der Waals surface area contributed by atoms with Crippen LogP contribution >= 0.6 is 0 Å². The molecule has 0 radical (unpaired) electrons. The highest BCUT2D eigenvalue weighted by atomic mass is 16.5. The largest absolute Gasteiger partial charge is 0.493 e. The number of aryl methyl sites for hydroxylation is 1. The molecule has 6 nitrogen and oxygen atoms in total. The van der Waals surface area contributed by atoms with Crippen molar-refractivity contribution < 1.29 is 19.1 Å². The Morgan fingerprint density at radius 1 is 1.07 bits per heavy atom. The van der Waals surface area contributed by atoms with E-state index in [2.05, 4.69) is 10.9 Å². The van der Waals surface area contributed by atoms with Gasteiger partial charge in [-0.1, -0.05) is 31.2 Å². The standard InChI is InChI=1S/C21H24N2O4/c1-4-13-27-18-11-9-17(14-19(18)26-3)21(25)23-22-20(24)12-10-16-8-6-5-7-15(16)2/h5-12,14H,4,13H2,1-3H3,(H,22,24)(H,23,25)/b12-10+. The number of rotatable bonds is 7. The summed E-state index contributed by atoms with van der Waals surface area (Å²) in [5.74, 6) is 0.150. The van der Waals surface area contributed by atoms with Gasteiger partial charge < -0.3 is 9.47 Å². The van der Waals surface area contributed by atoms with Gasteiger partial charge in [-0.15, -0.1) is 0 Å². The van der Waals surface area contributed by atoms with Crippen molar-refractivity contribution in [2.45, 2.75) is 20.3 Å². The molecule has 2 amide bonds. The molecule has 0 saturated carbocycles. The number of hydrogen-bond acceptors (Lipinski definition) is 4. The topological polar surface area (TPSA) is 76.7 Å². The zero-order valence-corrected chi connectivity index (χ0v) is 15.7. The van der Waals surface area contributed by atoms with Gasteiger partial charge in [0.15, 0.2) is 11.5 Å². The van der Waals surface area contributed by atoms with E-state index < -0.39 is 11.8 Å². The molecule has 0 spiro atoms. The molecule has 6 heteroatoms. The Hall–Kier alpha value is -3.28. The summed E-state index contributed by atoms with van der Waals surface area (Å²) in [5, 5.41) is 0. The summed E-state index contributed by atoms with van der Waals surface area (Å²) < 4.78 is 10.8. The third-order valence-corrected chi connectivity index (χ3v) is 3.79. The number of amides is 2. The first kappa shape index (κ1) is 20.0. The number of benzene rings is 2. The average molecular weight is 368 g/mol. The zero-order chi connectivity index (χ0) is 19.6. The van der Waals surface area contributed by atoms with Crippen LogP contribution in [0.5, 0.6) is 11.5 Å². The van der Waals surface area contributed by atoms with E-state index in [4.69, 9.17) is 9.47 Å². The molecular formula is C21H24N2O4. The maximum absolute atomic E-state index is 12.2. The average Bonchev–Trinajstić information content (AvgIpc) is 2.69. The van der Waals surface area contributed by atoms with Crippen LogP contribution in [0.4, 0.5) is 0 Å². The quantitative estimate of drug-likeness (QED) is 0.581. The summed E-state index contributed by atoms with van der Waals surface area (Å²) in [6.07, 6.45) is 3.93. The van der Waals surface area contributed by atoms with E-state index in [-0.39, 0.29) is 0 Å². The molecule has 0 heterocycles. The second kappa shape index (κ2) is 10.0. The molecule has 0 fully saturated rings. The van der Waals surface area contributed by atoms with Gasteiger partial charge in [-0.05, 0) is 48.7 Å². The normalized spacial score (nSPS) is 10.5. The van der Waals surface area contributed by atoms with Crippen LogP contribution in [0.2, 0.25) is 0 Å². The summed E-state index contributed by atoms with van der Waals surface area (Å²) in [6, 6.07) is 12.5. The minimum atomic E-state index is -0.451. The number of methoxy groups -OCH3 is 1. The fourth-order valence-corrected chi connectivity index (χ4v) is 2.31. The maximum Gasteiger partial charge on any atom is 0.269 e. The van der Waals surface area contributed by atoms with Crippen LogP contribution in [-0.4, -0.2) is 25.5 Å². The molecule has 142 valence electrons. The second-order valence-electron chi connectivity index (χ2n) is 5.85. The summed E-state index contributed by atoms with van der Waals surface area (Å²) in [4.78, 5) is 24.1. The fraction of sp³-hybridized carbons (Fsp3) is 0.238. The Morgan fingerprint density at radius 3 is 2.56 bits per heavy atom. The molecule has 2 aromatic rings. The molecule has 0 aliphatic rings. The lowest BCUT2D eigenvalue weighted by atomic mass is 10.1. The van der Waals surface area contributed by atoms with E-state index >= 15 is 0 Å². The van der Waals surface area contributed by atoms with Crippen molar-refractivity contribution in [3.8, 4) is 11.5 Å². The molecule has 0 unspecified atom stereocenters. The summed E-state index contributed by atoms with van der Waals surface area (Å²) in [5.41, 5.74) is 7.08. The molecule has 27 heavy (non-hydrogen) atoms. The first-order chi connectivity index (χ1) is 13.0. The number of nitrogens with one attached hydrogen (secondary N) is 2. The number of carbonyl (C=O) groups excluding carboxylic acids is 2. The van der Waals surface area contributed by atoms with Crippen molar-refractivity contribution in [2.24, 2.45) is 0 Å². The number of ether oxygens (including phenoxy) is 2. The van der Waals surface area contributed by atoms with Crippen molar-refractivity contribution in [3.05, 3.63) is 65.2 Å². The van der Waals surface area contributed by atoms with Crippen LogP contribution in [-0.2, 0) is 4.79 Å². The molecule has 2 rings (SSSR count). The third kappa shape index (κ3) is 5.88. The lowest BCUT2D eigenvalue weighted by Crippen LogP contribution is -2.40. The van der Waals surface area contributed by atoms with Crippen LogP contribution in [0.3, 0.4) is 0 Å². The zero-order valence-electron chi connectivity index (χ0n) is 15.7. The van der Waals surface area contributed by atoms with E-state index in [0.717, 1.165) is 17.5 Å². The lowest BCUT2D eigenvalue weighted by Gasteiger charge is -2.12. The molecule has 2 aromatic carbocycles. The molecule has 2 N–H and O–H groups in total. The molecule has 0 bridgehead atoms. The van der Waals surface area contributed by atoms with Gasteiger partial charge in [0, 0.05) is 11.6 Å². The van der Waals surface area contributed by atoms with Gasteiger partial charge >= 0.3 is 0 Å². The van der Waals surface area contributed by atoms with E-state index in [0.29, 0.717) is 23.7 Å². The van der Waals surface area contributed by atoms with Gasteiger partial charge in [0.1, 0.15) is 0 Å². The predicted molar refractivity (Wildman–Crippen MR) is 105 cm³/mol. The fourth-order valence-electron chi connectivity index (χ4n) is 2.31. The molecule has 0 atom stereocenters. The molecule has 0 aromatic heterocycles. The second-order valence-corrected chi connectivity index (χ2v) is 5.85. The molecule has 0 aliphatic heterocycles. The number of carbonyl (C=O) groups is 2. The highest BCUT2D eigenvalue weighted by Gasteiger charge is 2.11. The minimum Gasteiger partial charge on any atom is -0.493 e. The van der Waals surface area contributed by atoms with Gasteiger partial charge in [-0.2, -0.15) is 0 Å². The van der Waals surface area contributed by atoms with Crippen molar-refractivity contribution in [3.63, 3.8) is 0 Å². The van der Waals surface area contributed by atoms with Crippen molar-refractivity contribution in [1.82, 2.24) is 10.9 Å². The predicted octanol–water partition coefficient (Wildman–Crippen LogP) is 3.27. The van der Waals surface area contributed by atoms with Crippen LogP contribution in [0, 0.1) is 6.92 Å². The van der Waals surface area contributed by atoms with Gasteiger partial charge in [0.25, 0.3) is 11.8 Å². The maximum atomic E-state index is 12.2. The van der Waals surface area contributed by atoms with Gasteiger partial charge in [0.2, 0.25) is 0 Å². The first-order valence-electron chi connectivity index (χ1n) is 8.70. The third-order valence-electron chi connectivity index (χ3n) is 3.79. The summed E-state index contributed by atoms with van der Waals surface area (Å²) in [7, 11) is 1.51. The Bertz CT molecular complexity index is 831. The monoisotopic (exact) mass is 368 g/mol. The van der Waals surface area contributed by atoms with E-state index in [1.807, 2.05) is 38.1 Å². The minimum absolute atomic E-state index is 0.346. The summed E-state index contributed by atoms with van der Waals surface area (Å²) in [6.45, 7) is 4.52. The first-order valence-corrected chi connectivity index (χ1v) is 8.70. The number of hydrogen-bond donors (Lipinski definition) is 2. The van der Waals surface area contributed by atoms with Gasteiger partial charge in [-0.25, -0.2) is 0 Å². The van der Waals surface area contributed by atoms with Gasteiger partial charge in [0.05, 0.1) is 13.7 Å². The highest BCUT2D eigenvalue weighted by Crippen LogP contribution is 2.28. The Kier molecular flexibility index (Phi) is 7.43. The molecular weight excluding hydrogens is 344 g/mol. The van der Waals surface area contributed by atoms with E-state index in [1.54, 1.807) is 24.3 Å². The van der Waals surface area contributed by atoms with E-state index in [9.17, 15) is 9.59 Å². The van der Waals surface area contributed by atoms with E-state index in [1.165, 1.54) is 13.2 Å². The summed E-state index contributed by atoms with van der Waals surface area (Å²) >= 11 is 0. The van der Waals surface area contributed by atoms with Crippen LogP contribution in [0.1, 0.15) is 34.8 Å². The SMILES string of the molecule is CCCOc1ccc(C(=O)NNC(=O)/C=C/c2ccccc2C)cc1OC. The van der Waals surface area contributed by atoms with Crippen molar-refractivity contribution >= 4 is 17.9 Å².